The number of nitrogens with one attached hydrogen (secondary N) is 2. The monoisotopic (exact) mass is 421 g/mol. The van der Waals surface area contributed by atoms with E-state index in [9.17, 15) is 23.3 Å². The quantitative estimate of drug-likeness (QED) is 0.472. The van der Waals surface area contributed by atoms with Crippen LogP contribution in [0.2, 0.25) is 0 Å². The summed E-state index contributed by atoms with van der Waals surface area (Å²) in [5.41, 5.74) is -0.00605. The van der Waals surface area contributed by atoms with Gasteiger partial charge < -0.3 is 10.1 Å². The molecule has 2 rings (SSSR count). The smallest absolute Gasteiger partial charge is 0.271 e. The second-order valence-electron chi connectivity index (χ2n) is 6.43. The van der Waals surface area contributed by atoms with E-state index < -0.39 is 14.9 Å². The van der Waals surface area contributed by atoms with Gasteiger partial charge in [-0.15, -0.1) is 0 Å². The van der Waals surface area contributed by atoms with Gasteiger partial charge in [0.2, 0.25) is 0 Å². The molecule has 1 amide bonds. The van der Waals surface area contributed by atoms with Gasteiger partial charge in [0.05, 0.1) is 22.6 Å². The summed E-state index contributed by atoms with van der Waals surface area (Å²) >= 11 is 0. The summed E-state index contributed by atoms with van der Waals surface area (Å²) in [5.74, 6) is -0.150. The number of anilines is 1. The predicted octanol–water partition coefficient (Wildman–Crippen LogP) is 3.32. The Labute approximate surface area is 169 Å². The highest BCUT2D eigenvalue weighted by atomic mass is 32.2. The minimum atomic E-state index is -4.05. The number of nitrogens with zero attached hydrogens (tertiary/aromatic N) is 1. The van der Waals surface area contributed by atoms with Gasteiger partial charge in [0.15, 0.2) is 0 Å². The lowest BCUT2D eigenvalue weighted by atomic mass is 10.1. The first-order valence-corrected chi connectivity index (χ1v) is 10.4. The maximum atomic E-state index is 12.7. The third-order valence-corrected chi connectivity index (χ3v) is 5.55. The molecular weight excluding hydrogens is 398 g/mol. The summed E-state index contributed by atoms with van der Waals surface area (Å²) in [5, 5.41) is 13.8. The number of ether oxygens (including phenoxy) is 1. The topological polar surface area (TPSA) is 128 Å². The summed E-state index contributed by atoms with van der Waals surface area (Å²) < 4.78 is 32.7. The van der Waals surface area contributed by atoms with Crippen molar-refractivity contribution in [3.63, 3.8) is 0 Å². The van der Waals surface area contributed by atoms with Crippen LogP contribution in [-0.2, 0) is 10.0 Å². The molecule has 1 atom stereocenters. The number of hydrogen-bond donors (Lipinski definition) is 2. The highest BCUT2D eigenvalue weighted by Gasteiger charge is 2.20. The molecule has 9 nitrogen and oxygen atoms in total. The Morgan fingerprint density at radius 1 is 1.21 bits per heavy atom. The van der Waals surface area contributed by atoms with Crippen molar-refractivity contribution in [1.82, 2.24) is 5.32 Å². The summed E-state index contributed by atoms with van der Waals surface area (Å²) in [6.07, 6.45) is 1.78. The van der Waals surface area contributed by atoms with Crippen molar-refractivity contribution in [1.29, 1.82) is 0 Å². The lowest BCUT2D eigenvalue weighted by Crippen LogP contribution is -2.32. The zero-order chi connectivity index (χ0) is 21.6. The Kier molecular flexibility index (Phi) is 7.16. The molecule has 2 N–H and O–H groups in total. The Morgan fingerprint density at radius 2 is 1.86 bits per heavy atom. The number of sulfonamides is 1. The van der Waals surface area contributed by atoms with Crippen molar-refractivity contribution in [3.8, 4) is 5.75 Å². The van der Waals surface area contributed by atoms with Crippen molar-refractivity contribution in [2.24, 2.45) is 0 Å². The van der Waals surface area contributed by atoms with Crippen molar-refractivity contribution in [2.75, 3.05) is 11.8 Å². The van der Waals surface area contributed by atoms with Crippen LogP contribution in [0, 0.1) is 10.1 Å². The van der Waals surface area contributed by atoms with Crippen LogP contribution in [-0.4, -0.2) is 32.4 Å². The summed E-state index contributed by atoms with van der Waals surface area (Å²) in [6.45, 7) is 3.92. The van der Waals surface area contributed by atoms with Crippen molar-refractivity contribution >= 4 is 27.3 Å². The van der Waals surface area contributed by atoms with E-state index in [0.717, 1.165) is 18.9 Å². The van der Waals surface area contributed by atoms with Crippen LogP contribution in [0.15, 0.2) is 47.4 Å². The summed E-state index contributed by atoms with van der Waals surface area (Å²) in [4.78, 5) is 22.4. The molecule has 0 spiro atoms. The number of nitro groups is 1. The molecule has 0 radical (unpaired) electrons. The lowest BCUT2D eigenvalue weighted by molar-refractivity contribution is -0.384. The fourth-order valence-electron chi connectivity index (χ4n) is 2.69. The Bertz CT molecular complexity index is 990. The maximum absolute atomic E-state index is 12.7. The number of non-ortho nitro benzene ring substituents is 1. The number of benzene rings is 2. The van der Waals surface area contributed by atoms with Gasteiger partial charge in [-0.25, -0.2) is 8.42 Å². The minimum Gasteiger partial charge on any atom is -0.495 e. The van der Waals surface area contributed by atoms with Crippen molar-refractivity contribution in [2.45, 2.75) is 37.6 Å². The lowest BCUT2D eigenvalue weighted by Gasteiger charge is -2.14. The average molecular weight is 421 g/mol. The van der Waals surface area contributed by atoms with Crippen LogP contribution in [0.5, 0.6) is 5.75 Å². The van der Waals surface area contributed by atoms with E-state index in [4.69, 9.17) is 4.74 Å². The van der Waals surface area contributed by atoms with Gasteiger partial charge in [-0.05, 0) is 43.7 Å². The standard InChI is InChI=1S/C19H23N3O6S/c1-4-5-13(2)20-19(23)14-6-9-16(10-7-14)29(26,27)21-17-12-15(22(24)25)8-11-18(17)28-3/h6-13,21H,4-5H2,1-3H3,(H,20,23). The number of hydrogen-bond acceptors (Lipinski definition) is 6. The summed E-state index contributed by atoms with van der Waals surface area (Å²) in [6, 6.07) is 9.02. The fraction of sp³-hybridized carbons (Fsp3) is 0.316. The first-order chi connectivity index (χ1) is 13.7. The van der Waals surface area contributed by atoms with Crippen LogP contribution in [0.4, 0.5) is 11.4 Å². The van der Waals surface area contributed by atoms with Gasteiger partial charge in [0.25, 0.3) is 21.6 Å². The number of amides is 1. The van der Waals surface area contributed by atoms with Crippen molar-refractivity contribution < 1.29 is 22.9 Å². The van der Waals surface area contributed by atoms with Crippen LogP contribution in [0.3, 0.4) is 0 Å². The third kappa shape index (κ3) is 5.67. The minimum absolute atomic E-state index is 0.0129. The van der Waals surface area contributed by atoms with E-state index in [-0.39, 0.29) is 34.0 Å². The first kappa shape index (κ1) is 22.2. The van der Waals surface area contributed by atoms with Crippen molar-refractivity contribution in [3.05, 3.63) is 58.1 Å². The first-order valence-electron chi connectivity index (χ1n) is 8.94. The van der Waals surface area contributed by atoms with E-state index in [1.54, 1.807) is 0 Å². The Balaban J connectivity index is 2.23. The molecule has 0 aliphatic rings. The molecule has 156 valence electrons. The number of rotatable bonds is 9. The molecule has 0 saturated carbocycles. The zero-order valence-corrected chi connectivity index (χ0v) is 17.2. The largest absolute Gasteiger partial charge is 0.495 e. The molecule has 0 aromatic heterocycles. The van der Waals surface area contributed by atoms with Gasteiger partial charge in [0.1, 0.15) is 5.75 Å². The van der Waals surface area contributed by atoms with E-state index in [2.05, 4.69) is 10.0 Å². The molecule has 1 unspecified atom stereocenters. The number of carbonyl (C=O) groups excluding carboxylic acids is 1. The van der Waals surface area contributed by atoms with Crippen LogP contribution in [0.25, 0.3) is 0 Å². The van der Waals surface area contributed by atoms with Gasteiger partial charge in [-0.3, -0.25) is 19.6 Å². The number of methoxy groups -OCH3 is 1. The van der Waals surface area contributed by atoms with E-state index in [0.29, 0.717) is 5.56 Å². The number of carbonyl (C=O) groups is 1. The molecule has 2 aromatic rings. The molecular formula is C19H23N3O6S. The normalized spacial score (nSPS) is 12.1. The number of nitro benzene ring substituents is 1. The zero-order valence-electron chi connectivity index (χ0n) is 16.3. The molecule has 0 aliphatic carbocycles. The SMILES string of the molecule is CCCC(C)NC(=O)c1ccc(S(=O)(=O)Nc2cc([N+](=O)[O-])ccc2OC)cc1. The second-order valence-corrected chi connectivity index (χ2v) is 8.12. The second kappa shape index (κ2) is 9.37. The van der Waals surface area contributed by atoms with E-state index in [1.807, 2.05) is 13.8 Å². The molecule has 0 saturated heterocycles. The molecule has 29 heavy (non-hydrogen) atoms. The molecule has 10 heteroatoms. The molecule has 2 aromatic carbocycles. The predicted molar refractivity (Wildman–Crippen MR) is 109 cm³/mol. The maximum Gasteiger partial charge on any atom is 0.271 e. The summed E-state index contributed by atoms with van der Waals surface area (Å²) in [7, 11) is -2.72. The van der Waals surface area contributed by atoms with Gasteiger partial charge in [-0.2, -0.15) is 0 Å². The highest BCUT2D eigenvalue weighted by molar-refractivity contribution is 7.92. The van der Waals surface area contributed by atoms with E-state index in [1.165, 1.54) is 43.5 Å². The molecule has 0 bridgehead atoms. The third-order valence-electron chi connectivity index (χ3n) is 4.16. The van der Waals surface area contributed by atoms with Crippen LogP contribution in [0.1, 0.15) is 37.0 Å². The average Bonchev–Trinajstić information content (AvgIpc) is 2.67. The van der Waals surface area contributed by atoms with E-state index >= 15 is 0 Å². The Hall–Kier alpha value is -3.14. The molecule has 0 fully saturated rings. The van der Waals surface area contributed by atoms with Gasteiger partial charge in [0, 0.05) is 23.7 Å². The van der Waals surface area contributed by atoms with Gasteiger partial charge in [-0.1, -0.05) is 13.3 Å². The van der Waals surface area contributed by atoms with Crippen LogP contribution >= 0.6 is 0 Å². The van der Waals surface area contributed by atoms with Gasteiger partial charge >= 0.3 is 0 Å². The fourth-order valence-corrected chi connectivity index (χ4v) is 3.75. The Morgan fingerprint density at radius 3 is 2.41 bits per heavy atom. The molecule has 0 aliphatic heterocycles. The highest BCUT2D eigenvalue weighted by Crippen LogP contribution is 2.30. The van der Waals surface area contributed by atoms with Crippen LogP contribution < -0.4 is 14.8 Å². The molecule has 0 heterocycles.